The fourth-order valence-corrected chi connectivity index (χ4v) is 3.02. The number of rotatable bonds is 7. The minimum atomic E-state index is 0.0793. The van der Waals surface area contributed by atoms with Crippen molar-refractivity contribution in [1.29, 1.82) is 0 Å². The van der Waals surface area contributed by atoms with Crippen LogP contribution in [0, 0.1) is 0 Å². The highest BCUT2D eigenvalue weighted by molar-refractivity contribution is 5.94. The molecule has 132 valence electrons. The summed E-state index contributed by atoms with van der Waals surface area (Å²) in [5, 5.41) is 3.05. The Morgan fingerprint density at radius 2 is 1.75 bits per heavy atom. The van der Waals surface area contributed by atoms with Gasteiger partial charge < -0.3 is 15.1 Å². The van der Waals surface area contributed by atoms with Crippen molar-refractivity contribution in [1.82, 2.24) is 4.90 Å². The molecule has 0 aliphatic carbocycles. The Hall–Kier alpha value is -2.04. The first kappa shape index (κ1) is 18.3. The van der Waals surface area contributed by atoms with Crippen LogP contribution in [0.15, 0.2) is 24.3 Å². The van der Waals surface area contributed by atoms with Gasteiger partial charge in [-0.1, -0.05) is 38.8 Å². The molecule has 0 atom stereocenters. The average Bonchev–Trinajstić information content (AvgIpc) is 2.62. The van der Waals surface area contributed by atoms with Crippen molar-refractivity contribution in [2.24, 2.45) is 0 Å². The molecule has 0 aromatic heterocycles. The number of unbranched alkanes of at least 4 members (excludes halogenated alkanes) is 2. The number of piperazine rings is 1. The summed E-state index contributed by atoms with van der Waals surface area (Å²) < 4.78 is 0. The molecule has 1 aliphatic rings. The summed E-state index contributed by atoms with van der Waals surface area (Å²) in [6.45, 7) is 7.12. The molecule has 1 fully saturated rings. The highest BCUT2D eigenvalue weighted by Crippen LogP contribution is 2.27. The van der Waals surface area contributed by atoms with E-state index in [9.17, 15) is 9.59 Å². The van der Waals surface area contributed by atoms with E-state index in [4.69, 9.17) is 0 Å². The van der Waals surface area contributed by atoms with E-state index >= 15 is 0 Å². The van der Waals surface area contributed by atoms with Crippen molar-refractivity contribution in [3.8, 4) is 0 Å². The Balaban J connectivity index is 1.96. The van der Waals surface area contributed by atoms with Crippen molar-refractivity contribution in [2.75, 3.05) is 36.4 Å². The van der Waals surface area contributed by atoms with Gasteiger partial charge in [0, 0.05) is 39.0 Å². The molecule has 2 rings (SSSR count). The van der Waals surface area contributed by atoms with Gasteiger partial charge in [0.25, 0.3) is 0 Å². The maximum Gasteiger partial charge on any atom is 0.224 e. The van der Waals surface area contributed by atoms with Gasteiger partial charge in [0.15, 0.2) is 0 Å². The lowest BCUT2D eigenvalue weighted by Crippen LogP contribution is -2.48. The molecule has 1 aromatic carbocycles. The van der Waals surface area contributed by atoms with E-state index in [1.165, 1.54) is 0 Å². The molecule has 0 unspecified atom stereocenters. The first-order valence-corrected chi connectivity index (χ1v) is 9.07. The Morgan fingerprint density at radius 1 is 1.04 bits per heavy atom. The van der Waals surface area contributed by atoms with Crippen LogP contribution in [0.5, 0.6) is 0 Å². The number of para-hydroxylation sites is 2. The molecule has 0 radical (unpaired) electrons. The Morgan fingerprint density at radius 3 is 2.42 bits per heavy atom. The lowest BCUT2D eigenvalue weighted by molar-refractivity contribution is -0.131. The summed E-state index contributed by atoms with van der Waals surface area (Å²) in [6.07, 6.45) is 4.26. The molecular weight excluding hydrogens is 302 g/mol. The van der Waals surface area contributed by atoms with Crippen LogP contribution in [0.4, 0.5) is 11.4 Å². The van der Waals surface area contributed by atoms with Crippen molar-refractivity contribution in [3.63, 3.8) is 0 Å². The van der Waals surface area contributed by atoms with E-state index < -0.39 is 0 Å². The van der Waals surface area contributed by atoms with Crippen LogP contribution in [-0.4, -0.2) is 42.9 Å². The monoisotopic (exact) mass is 331 g/mol. The van der Waals surface area contributed by atoms with Crippen molar-refractivity contribution in [2.45, 2.75) is 46.0 Å². The topological polar surface area (TPSA) is 52.7 Å². The zero-order valence-corrected chi connectivity index (χ0v) is 14.9. The van der Waals surface area contributed by atoms with Crippen molar-refractivity contribution >= 4 is 23.2 Å². The fourth-order valence-electron chi connectivity index (χ4n) is 3.02. The molecule has 24 heavy (non-hydrogen) atoms. The number of carbonyl (C=O) groups is 2. The van der Waals surface area contributed by atoms with Gasteiger partial charge in [-0.3, -0.25) is 9.59 Å². The predicted molar refractivity (Wildman–Crippen MR) is 98.3 cm³/mol. The number of carbonyl (C=O) groups excluding carboxylic acids is 2. The largest absolute Gasteiger partial charge is 0.366 e. The van der Waals surface area contributed by atoms with Gasteiger partial charge in [0.05, 0.1) is 11.4 Å². The van der Waals surface area contributed by atoms with E-state index in [0.29, 0.717) is 12.8 Å². The van der Waals surface area contributed by atoms with Crippen molar-refractivity contribution < 1.29 is 9.59 Å². The summed E-state index contributed by atoms with van der Waals surface area (Å²) in [7, 11) is 0. The van der Waals surface area contributed by atoms with Crippen LogP contribution >= 0.6 is 0 Å². The molecule has 1 saturated heterocycles. The third kappa shape index (κ3) is 4.98. The second-order valence-corrected chi connectivity index (χ2v) is 6.24. The molecule has 5 heteroatoms. The summed E-state index contributed by atoms with van der Waals surface area (Å²) in [4.78, 5) is 28.1. The minimum Gasteiger partial charge on any atom is -0.366 e. The Labute approximate surface area is 145 Å². The smallest absolute Gasteiger partial charge is 0.224 e. The van der Waals surface area contributed by atoms with Crippen LogP contribution in [0.2, 0.25) is 0 Å². The van der Waals surface area contributed by atoms with E-state index in [1.807, 2.05) is 36.1 Å². The number of anilines is 2. The normalized spacial score (nSPS) is 14.6. The van der Waals surface area contributed by atoms with E-state index in [1.54, 1.807) is 0 Å². The molecular formula is C19H29N3O2. The number of nitrogens with one attached hydrogen (secondary N) is 1. The molecule has 0 saturated carbocycles. The molecule has 0 spiro atoms. The number of hydrogen-bond donors (Lipinski definition) is 1. The summed E-state index contributed by atoms with van der Waals surface area (Å²) in [6, 6.07) is 7.93. The highest BCUT2D eigenvalue weighted by Gasteiger charge is 2.21. The number of hydrogen-bond acceptors (Lipinski definition) is 3. The molecule has 1 aromatic rings. The quantitative estimate of drug-likeness (QED) is 0.780. The minimum absolute atomic E-state index is 0.0793. The SMILES string of the molecule is CCCCCC(=O)Nc1ccccc1N1CCN(C(=O)CC)CC1. The van der Waals surface area contributed by atoms with E-state index in [-0.39, 0.29) is 11.8 Å². The summed E-state index contributed by atoms with van der Waals surface area (Å²) >= 11 is 0. The lowest BCUT2D eigenvalue weighted by Gasteiger charge is -2.36. The van der Waals surface area contributed by atoms with Gasteiger partial charge in [-0.2, -0.15) is 0 Å². The third-order valence-corrected chi connectivity index (χ3v) is 4.46. The Bertz CT molecular complexity index is 551. The zero-order valence-electron chi connectivity index (χ0n) is 14.9. The molecule has 0 bridgehead atoms. The number of amides is 2. The molecule has 2 amide bonds. The van der Waals surface area contributed by atoms with Crippen LogP contribution in [0.1, 0.15) is 46.0 Å². The first-order chi connectivity index (χ1) is 11.7. The van der Waals surface area contributed by atoms with E-state index in [0.717, 1.165) is 56.8 Å². The second kappa shape index (κ2) is 9.30. The predicted octanol–water partition coefficient (Wildman–Crippen LogP) is 3.26. The maximum absolute atomic E-state index is 12.1. The van der Waals surface area contributed by atoms with Crippen LogP contribution in [-0.2, 0) is 9.59 Å². The van der Waals surface area contributed by atoms with Gasteiger partial charge in [-0.15, -0.1) is 0 Å². The summed E-state index contributed by atoms with van der Waals surface area (Å²) in [5.41, 5.74) is 1.92. The van der Waals surface area contributed by atoms with Crippen LogP contribution in [0.3, 0.4) is 0 Å². The van der Waals surface area contributed by atoms with Gasteiger partial charge in [0.1, 0.15) is 0 Å². The van der Waals surface area contributed by atoms with E-state index in [2.05, 4.69) is 17.1 Å². The Kier molecular flexibility index (Phi) is 7.09. The van der Waals surface area contributed by atoms with Gasteiger partial charge in [-0.05, 0) is 18.6 Å². The highest BCUT2D eigenvalue weighted by atomic mass is 16.2. The summed E-state index contributed by atoms with van der Waals surface area (Å²) in [5.74, 6) is 0.294. The van der Waals surface area contributed by atoms with Crippen molar-refractivity contribution in [3.05, 3.63) is 24.3 Å². The molecule has 1 heterocycles. The first-order valence-electron chi connectivity index (χ1n) is 9.07. The lowest BCUT2D eigenvalue weighted by atomic mass is 10.1. The number of nitrogens with zero attached hydrogens (tertiary/aromatic N) is 2. The van der Waals surface area contributed by atoms with Gasteiger partial charge in [-0.25, -0.2) is 0 Å². The number of benzene rings is 1. The van der Waals surface area contributed by atoms with Crippen LogP contribution in [0.25, 0.3) is 0 Å². The second-order valence-electron chi connectivity index (χ2n) is 6.24. The van der Waals surface area contributed by atoms with Gasteiger partial charge >= 0.3 is 0 Å². The zero-order chi connectivity index (χ0) is 17.4. The molecule has 1 N–H and O–H groups in total. The molecule has 1 aliphatic heterocycles. The van der Waals surface area contributed by atoms with Gasteiger partial charge in [0.2, 0.25) is 11.8 Å². The third-order valence-electron chi connectivity index (χ3n) is 4.46. The maximum atomic E-state index is 12.1. The molecule has 5 nitrogen and oxygen atoms in total. The average molecular weight is 331 g/mol. The standard InChI is InChI=1S/C19H29N3O2/c1-3-5-6-11-18(23)20-16-9-7-8-10-17(16)21-12-14-22(15-13-21)19(24)4-2/h7-10H,3-6,11-15H2,1-2H3,(H,20,23). The fraction of sp³-hybridized carbons (Fsp3) is 0.579. The van der Waals surface area contributed by atoms with Crippen LogP contribution < -0.4 is 10.2 Å².